The first-order chi connectivity index (χ1) is 13.2. The first kappa shape index (κ1) is 19.5. The van der Waals surface area contributed by atoms with Gasteiger partial charge in [-0.05, 0) is 54.1 Å². The molecular weight excluding hydrogens is 355 g/mol. The maximum atomic E-state index is 14.8. The van der Waals surface area contributed by atoms with Crippen LogP contribution in [0.5, 0.6) is 0 Å². The van der Waals surface area contributed by atoms with Crippen molar-refractivity contribution < 1.29 is 4.39 Å². The zero-order valence-electron chi connectivity index (χ0n) is 15.7. The summed E-state index contributed by atoms with van der Waals surface area (Å²) in [5.74, 6) is 5.70. The topological polar surface area (TPSA) is 0 Å². The van der Waals surface area contributed by atoms with Gasteiger partial charge < -0.3 is 0 Å². The number of rotatable bonds is 6. The summed E-state index contributed by atoms with van der Waals surface area (Å²) in [6.45, 7) is 2.23. The number of hydrogen-bond acceptors (Lipinski definition) is 0. The average Bonchev–Trinajstić information content (AvgIpc) is 2.68. The van der Waals surface area contributed by atoms with Crippen LogP contribution in [0, 0.1) is 17.7 Å². The number of fused-ring (bicyclic) bond motifs is 1. The minimum absolute atomic E-state index is 0.247. The van der Waals surface area contributed by atoms with E-state index in [4.69, 9.17) is 11.6 Å². The van der Waals surface area contributed by atoms with E-state index in [-0.39, 0.29) is 5.82 Å². The van der Waals surface area contributed by atoms with Gasteiger partial charge in [0.2, 0.25) is 0 Å². The van der Waals surface area contributed by atoms with E-state index in [0.29, 0.717) is 16.0 Å². The van der Waals surface area contributed by atoms with Crippen molar-refractivity contribution in [3.05, 3.63) is 82.1 Å². The molecule has 0 aliphatic rings. The molecule has 0 aliphatic heterocycles. The second-order valence-corrected chi connectivity index (χ2v) is 7.34. The molecular formula is C25H24ClF. The van der Waals surface area contributed by atoms with Gasteiger partial charge in [-0.2, -0.15) is 0 Å². The molecule has 0 saturated heterocycles. The quantitative estimate of drug-likeness (QED) is 0.307. The Morgan fingerprint density at radius 1 is 0.852 bits per heavy atom. The molecule has 0 bridgehead atoms. The summed E-state index contributed by atoms with van der Waals surface area (Å²) in [6.07, 6.45) is 7.38. The van der Waals surface area contributed by atoms with Gasteiger partial charge in [-0.25, -0.2) is 4.39 Å². The lowest BCUT2D eigenvalue weighted by Crippen LogP contribution is -1.90. The smallest absolute Gasteiger partial charge is 0.146 e. The van der Waals surface area contributed by atoms with Gasteiger partial charge in [-0.3, -0.25) is 0 Å². The Morgan fingerprint density at radius 2 is 1.63 bits per heavy atom. The van der Waals surface area contributed by atoms with E-state index in [0.717, 1.165) is 17.4 Å². The van der Waals surface area contributed by atoms with Crippen LogP contribution in [0.25, 0.3) is 10.8 Å². The van der Waals surface area contributed by atoms with Crippen LogP contribution in [0.4, 0.5) is 4.39 Å². The molecule has 27 heavy (non-hydrogen) atoms. The van der Waals surface area contributed by atoms with E-state index < -0.39 is 0 Å². The van der Waals surface area contributed by atoms with Gasteiger partial charge in [0.1, 0.15) is 5.82 Å². The van der Waals surface area contributed by atoms with Crippen molar-refractivity contribution in [3.63, 3.8) is 0 Å². The predicted molar refractivity (Wildman–Crippen MR) is 114 cm³/mol. The monoisotopic (exact) mass is 378 g/mol. The molecule has 0 radical (unpaired) electrons. The van der Waals surface area contributed by atoms with Gasteiger partial charge in [-0.1, -0.05) is 80.3 Å². The van der Waals surface area contributed by atoms with E-state index in [1.54, 1.807) is 18.2 Å². The molecule has 0 amide bonds. The fourth-order valence-electron chi connectivity index (χ4n) is 3.20. The molecule has 0 N–H and O–H groups in total. The minimum Gasteiger partial charge on any atom is -0.205 e. The number of benzene rings is 3. The molecule has 2 heteroatoms. The number of aryl methyl sites for hydroxylation is 1. The molecule has 0 saturated carbocycles. The van der Waals surface area contributed by atoms with E-state index >= 15 is 0 Å². The van der Waals surface area contributed by atoms with Crippen LogP contribution < -0.4 is 0 Å². The minimum atomic E-state index is -0.247. The molecule has 3 rings (SSSR count). The lowest BCUT2D eigenvalue weighted by atomic mass is 10.00. The van der Waals surface area contributed by atoms with Crippen molar-refractivity contribution in [3.8, 4) is 11.8 Å². The lowest BCUT2D eigenvalue weighted by Gasteiger charge is -2.06. The maximum Gasteiger partial charge on any atom is 0.146 e. The van der Waals surface area contributed by atoms with Crippen LogP contribution in [0.2, 0.25) is 5.02 Å². The van der Waals surface area contributed by atoms with Crippen molar-refractivity contribution in [2.24, 2.45) is 0 Å². The van der Waals surface area contributed by atoms with Crippen molar-refractivity contribution in [1.29, 1.82) is 0 Å². The standard InChI is InChI=1S/C25H24ClF/c1-2-3-4-5-6-7-20-11-17-24-22(18-20)14-13-21(25(24)27)12-8-19-9-15-23(26)16-10-19/h9-11,13-18H,2-7H2,1H3. The molecule has 3 aromatic carbocycles. The molecule has 0 fully saturated rings. The Labute approximate surface area is 166 Å². The van der Waals surface area contributed by atoms with E-state index in [1.165, 1.54) is 37.7 Å². The predicted octanol–water partition coefficient (Wildman–Crippen LogP) is 7.55. The van der Waals surface area contributed by atoms with Gasteiger partial charge >= 0.3 is 0 Å². The molecule has 0 heterocycles. The molecule has 0 aromatic heterocycles. The molecule has 0 aliphatic carbocycles. The highest BCUT2D eigenvalue weighted by Gasteiger charge is 2.06. The van der Waals surface area contributed by atoms with Crippen LogP contribution >= 0.6 is 11.6 Å². The zero-order chi connectivity index (χ0) is 19.1. The van der Waals surface area contributed by atoms with Gasteiger partial charge in [-0.15, -0.1) is 0 Å². The highest BCUT2D eigenvalue weighted by atomic mass is 35.5. The molecule has 0 nitrogen and oxygen atoms in total. The van der Waals surface area contributed by atoms with Crippen molar-refractivity contribution in [1.82, 2.24) is 0 Å². The number of halogens is 2. The first-order valence-corrected chi connectivity index (χ1v) is 10.0. The summed E-state index contributed by atoms with van der Waals surface area (Å²) in [6, 6.07) is 17.0. The van der Waals surface area contributed by atoms with Crippen LogP contribution in [0.15, 0.2) is 54.6 Å². The largest absolute Gasteiger partial charge is 0.205 e. The Balaban J connectivity index is 1.75. The number of hydrogen-bond donors (Lipinski definition) is 0. The van der Waals surface area contributed by atoms with Gasteiger partial charge in [0.15, 0.2) is 0 Å². The summed E-state index contributed by atoms with van der Waals surface area (Å²) in [5.41, 5.74) is 2.51. The SMILES string of the molecule is CCCCCCCc1ccc2c(F)c(C#Cc3ccc(Cl)cc3)ccc2c1. The summed E-state index contributed by atoms with van der Waals surface area (Å²) in [7, 11) is 0. The normalized spacial score (nSPS) is 10.6. The van der Waals surface area contributed by atoms with Crippen LogP contribution in [-0.4, -0.2) is 0 Å². The third kappa shape index (κ3) is 5.34. The molecule has 0 spiro atoms. The third-order valence-electron chi connectivity index (χ3n) is 4.77. The third-order valence-corrected chi connectivity index (χ3v) is 5.03. The van der Waals surface area contributed by atoms with E-state index in [9.17, 15) is 4.39 Å². The summed E-state index contributed by atoms with van der Waals surface area (Å²) in [4.78, 5) is 0. The second kappa shape index (κ2) is 9.58. The van der Waals surface area contributed by atoms with Crippen LogP contribution in [0.1, 0.15) is 55.7 Å². The highest BCUT2D eigenvalue weighted by molar-refractivity contribution is 6.30. The average molecular weight is 379 g/mol. The Bertz CT molecular complexity index is 961. The summed E-state index contributed by atoms with van der Waals surface area (Å²) in [5, 5.41) is 2.24. The Kier molecular flexibility index (Phi) is 6.91. The fraction of sp³-hybridized carbons (Fsp3) is 0.280. The molecule has 3 aromatic rings. The van der Waals surface area contributed by atoms with Crippen LogP contribution in [-0.2, 0) is 6.42 Å². The van der Waals surface area contributed by atoms with Crippen LogP contribution in [0.3, 0.4) is 0 Å². The highest BCUT2D eigenvalue weighted by Crippen LogP contribution is 2.23. The lowest BCUT2D eigenvalue weighted by molar-refractivity contribution is 0.631. The van der Waals surface area contributed by atoms with Gasteiger partial charge in [0, 0.05) is 16.0 Å². The molecule has 138 valence electrons. The van der Waals surface area contributed by atoms with E-state index in [2.05, 4.69) is 24.8 Å². The first-order valence-electron chi connectivity index (χ1n) is 9.66. The Hall–Kier alpha value is -2.30. The van der Waals surface area contributed by atoms with Gasteiger partial charge in [0.25, 0.3) is 0 Å². The molecule has 0 atom stereocenters. The summed E-state index contributed by atoms with van der Waals surface area (Å²) >= 11 is 5.88. The van der Waals surface area contributed by atoms with Gasteiger partial charge in [0.05, 0.1) is 5.56 Å². The Morgan fingerprint density at radius 3 is 2.41 bits per heavy atom. The van der Waals surface area contributed by atoms with Crippen molar-refractivity contribution >= 4 is 22.4 Å². The molecule has 0 unspecified atom stereocenters. The zero-order valence-corrected chi connectivity index (χ0v) is 16.5. The van der Waals surface area contributed by atoms with Crippen molar-refractivity contribution in [2.45, 2.75) is 45.4 Å². The van der Waals surface area contributed by atoms with Crippen molar-refractivity contribution in [2.75, 3.05) is 0 Å². The summed E-state index contributed by atoms with van der Waals surface area (Å²) < 4.78 is 14.8. The fourth-order valence-corrected chi connectivity index (χ4v) is 3.32. The maximum absolute atomic E-state index is 14.8. The second-order valence-electron chi connectivity index (χ2n) is 6.90. The van der Waals surface area contributed by atoms with E-state index in [1.807, 2.05) is 30.3 Å². The number of unbranched alkanes of at least 4 members (excludes halogenated alkanes) is 4.